The molecule has 6 nitrogen and oxygen atoms in total. The predicted octanol–water partition coefficient (Wildman–Crippen LogP) is 1.19. The fraction of sp³-hybridized carbons (Fsp3) is 0.333. The van der Waals surface area contributed by atoms with E-state index < -0.39 is 0 Å². The van der Waals surface area contributed by atoms with Gasteiger partial charge in [-0.05, 0) is 18.6 Å². The Morgan fingerprint density at radius 2 is 2.37 bits per heavy atom. The summed E-state index contributed by atoms with van der Waals surface area (Å²) in [5.41, 5.74) is 0.885. The number of pyridine rings is 1. The Morgan fingerprint density at radius 1 is 1.47 bits per heavy atom. The van der Waals surface area contributed by atoms with Crippen LogP contribution in [0, 0.1) is 0 Å². The lowest BCUT2D eigenvalue weighted by Gasteiger charge is -2.30. The second-order valence-corrected chi connectivity index (χ2v) is 5.17. The van der Waals surface area contributed by atoms with Gasteiger partial charge in [0.15, 0.2) is 5.82 Å². The fourth-order valence-corrected chi connectivity index (χ4v) is 2.43. The first-order valence-corrected chi connectivity index (χ1v) is 7.05. The third kappa shape index (κ3) is 2.76. The lowest BCUT2D eigenvalue weighted by Crippen LogP contribution is -2.43. The molecular weight excluding hydrogens is 262 g/mol. The van der Waals surface area contributed by atoms with E-state index in [0.29, 0.717) is 16.7 Å². The molecule has 98 valence electrons. The Balaban J connectivity index is 1.60. The molecule has 3 heterocycles. The molecule has 0 atom stereocenters. The first-order valence-electron chi connectivity index (χ1n) is 6.06. The Bertz CT molecular complexity index is 567. The molecule has 1 aliphatic heterocycles. The number of carbonyl (C=O) groups excluding carboxylic acids is 1. The summed E-state index contributed by atoms with van der Waals surface area (Å²) >= 11 is 1.36. The highest BCUT2D eigenvalue weighted by molar-refractivity contribution is 7.99. The highest BCUT2D eigenvalue weighted by atomic mass is 32.2. The van der Waals surface area contributed by atoms with E-state index in [1.165, 1.54) is 11.8 Å². The summed E-state index contributed by atoms with van der Waals surface area (Å²) in [6.45, 7) is 1.77. The minimum Gasteiger partial charge on any atom is -0.342 e. The molecule has 0 spiro atoms. The third-order valence-electron chi connectivity index (χ3n) is 2.93. The van der Waals surface area contributed by atoms with Gasteiger partial charge < -0.3 is 4.90 Å². The van der Waals surface area contributed by atoms with E-state index in [9.17, 15) is 4.79 Å². The van der Waals surface area contributed by atoms with E-state index in [4.69, 9.17) is 0 Å². The van der Waals surface area contributed by atoms with Crippen molar-refractivity contribution >= 4 is 17.7 Å². The van der Waals surface area contributed by atoms with Crippen molar-refractivity contribution in [1.29, 1.82) is 0 Å². The van der Waals surface area contributed by atoms with Crippen LogP contribution in [0.3, 0.4) is 0 Å². The van der Waals surface area contributed by atoms with Crippen molar-refractivity contribution in [1.82, 2.24) is 25.1 Å². The molecule has 2 aromatic rings. The molecule has 0 aliphatic carbocycles. The number of likely N-dealkylation sites (tertiary alicyclic amines) is 1. The first-order chi connectivity index (χ1) is 9.33. The number of thioether (sulfide) groups is 1. The molecule has 19 heavy (non-hydrogen) atoms. The van der Waals surface area contributed by atoms with Crippen molar-refractivity contribution in [3.63, 3.8) is 0 Å². The molecule has 0 saturated carbocycles. The monoisotopic (exact) mass is 275 g/mol. The summed E-state index contributed by atoms with van der Waals surface area (Å²) in [5, 5.41) is 7.54. The van der Waals surface area contributed by atoms with Crippen LogP contribution in [-0.2, 0) is 4.79 Å². The number of amides is 1. The number of aromatic nitrogens is 4. The van der Waals surface area contributed by atoms with Crippen LogP contribution in [0.25, 0.3) is 11.4 Å². The van der Waals surface area contributed by atoms with Gasteiger partial charge in [-0.25, -0.2) is 4.98 Å². The topological polar surface area (TPSA) is 74.8 Å². The van der Waals surface area contributed by atoms with Crippen LogP contribution in [0.4, 0.5) is 0 Å². The predicted molar refractivity (Wildman–Crippen MR) is 71.5 cm³/mol. The third-order valence-corrected chi connectivity index (χ3v) is 3.77. The average Bonchev–Trinajstić information content (AvgIpc) is 2.84. The summed E-state index contributed by atoms with van der Waals surface area (Å²) in [6, 6.07) is 3.76. The molecular formula is C12H13N5OS. The number of hydrogen-bond acceptors (Lipinski definition) is 5. The maximum absolute atomic E-state index is 11.7. The number of nitrogens with zero attached hydrogens (tertiary/aromatic N) is 4. The number of aromatic amines is 1. The largest absolute Gasteiger partial charge is 0.342 e. The van der Waals surface area contributed by atoms with E-state index in [0.717, 1.165) is 25.1 Å². The Morgan fingerprint density at radius 3 is 3.05 bits per heavy atom. The number of nitrogens with one attached hydrogen (secondary N) is 1. The lowest BCUT2D eigenvalue weighted by atomic mass is 10.2. The second kappa shape index (κ2) is 5.40. The van der Waals surface area contributed by atoms with Gasteiger partial charge in [0.2, 0.25) is 11.1 Å². The maximum atomic E-state index is 11.7. The number of carbonyl (C=O) groups is 1. The molecule has 1 aliphatic rings. The van der Waals surface area contributed by atoms with Crippen LogP contribution < -0.4 is 0 Å². The Labute approximate surface area is 114 Å². The zero-order valence-corrected chi connectivity index (χ0v) is 11.1. The Kier molecular flexibility index (Phi) is 3.45. The van der Waals surface area contributed by atoms with Crippen molar-refractivity contribution < 1.29 is 4.79 Å². The molecule has 0 aromatic carbocycles. The van der Waals surface area contributed by atoms with Gasteiger partial charge in [-0.3, -0.25) is 14.9 Å². The first kappa shape index (κ1) is 12.2. The smallest absolute Gasteiger partial charge is 0.233 e. The summed E-state index contributed by atoms with van der Waals surface area (Å²) < 4.78 is 0. The Hall–Kier alpha value is -1.89. The fourth-order valence-electron chi connectivity index (χ4n) is 1.73. The van der Waals surface area contributed by atoms with Gasteiger partial charge in [-0.15, -0.1) is 5.10 Å². The number of rotatable bonds is 4. The van der Waals surface area contributed by atoms with Gasteiger partial charge in [0, 0.05) is 31.0 Å². The highest BCUT2D eigenvalue weighted by Gasteiger charge is 2.20. The van der Waals surface area contributed by atoms with Crippen molar-refractivity contribution in [2.45, 2.75) is 11.6 Å². The number of H-pyrrole nitrogens is 1. The zero-order chi connectivity index (χ0) is 13.1. The van der Waals surface area contributed by atoms with Crippen LogP contribution in [0.1, 0.15) is 6.42 Å². The summed E-state index contributed by atoms with van der Waals surface area (Å²) in [7, 11) is 0. The molecule has 1 amide bonds. The molecule has 0 radical (unpaired) electrons. The van der Waals surface area contributed by atoms with Crippen molar-refractivity contribution in [2.75, 3.05) is 18.8 Å². The van der Waals surface area contributed by atoms with Crippen molar-refractivity contribution in [3.8, 4) is 11.4 Å². The van der Waals surface area contributed by atoms with E-state index >= 15 is 0 Å². The van der Waals surface area contributed by atoms with Crippen LogP contribution in [-0.4, -0.2) is 49.8 Å². The van der Waals surface area contributed by atoms with E-state index in [2.05, 4.69) is 20.2 Å². The molecule has 2 aromatic heterocycles. The van der Waals surface area contributed by atoms with Gasteiger partial charge in [0.25, 0.3) is 0 Å². The van der Waals surface area contributed by atoms with Crippen LogP contribution in [0.2, 0.25) is 0 Å². The van der Waals surface area contributed by atoms with Gasteiger partial charge >= 0.3 is 0 Å². The van der Waals surface area contributed by atoms with Gasteiger partial charge in [0.05, 0.1) is 5.75 Å². The average molecular weight is 275 g/mol. The van der Waals surface area contributed by atoms with E-state index in [1.54, 1.807) is 12.4 Å². The molecule has 1 fully saturated rings. The lowest BCUT2D eigenvalue weighted by molar-refractivity contribution is -0.131. The second-order valence-electron chi connectivity index (χ2n) is 4.23. The van der Waals surface area contributed by atoms with Gasteiger partial charge in [0.1, 0.15) is 0 Å². The quantitative estimate of drug-likeness (QED) is 0.848. The molecule has 7 heteroatoms. The number of hydrogen-bond donors (Lipinski definition) is 1. The van der Waals surface area contributed by atoms with E-state index in [1.807, 2.05) is 17.0 Å². The van der Waals surface area contributed by atoms with Crippen LogP contribution in [0.15, 0.2) is 29.7 Å². The molecule has 1 saturated heterocycles. The van der Waals surface area contributed by atoms with Crippen molar-refractivity contribution in [2.24, 2.45) is 0 Å². The minimum atomic E-state index is 0.156. The van der Waals surface area contributed by atoms with Crippen LogP contribution >= 0.6 is 11.8 Å². The van der Waals surface area contributed by atoms with Gasteiger partial charge in [-0.2, -0.15) is 0 Å². The SMILES string of the molecule is O=C(CSc1n[nH]c(-c2cccnc2)n1)N1CCC1. The maximum Gasteiger partial charge on any atom is 0.233 e. The van der Waals surface area contributed by atoms with Gasteiger partial charge in [-0.1, -0.05) is 11.8 Å². The minimum absolute atomic E-state index is 0.156. The normalized spacial score (nSPS) is 14.2. The molecule has 1 N–H and O–H groups in total. The standard InChI is InChI=1S/C12H13N5OS/c18-10(17-5-2-6-17)8-19-12-14-11(15-16-12)9-3-1-4-13-7-9/h1,3-4,7H,2,5-6,8H2,(H,14,15,16). The molecule has 3 rings (SSSR count). The van der Waals surface area contributed by atoms with Crippen molar-refractivity contribution in [3.05, 3.63) is 24.5 Å². The van der Waals surface area contributed by atoms with E-state index in [-0.39, 0.29) is 5.91 Å². The molecule has 0 bridgehead atoms. The highest BCUT2D eigenvalue weighted by Crippen LogP contribution is 2.19. The van der Waals surface area contributed by atoms with Crippen LogP contribution in [0.5, 0.6) is 0 Å². The summed E-state index contributed by atoms with van der Waals surface area (Å²) in [5.74, 6) is 1.22. The summed E-state index contributed by atoms with van der Waals surface area (Å²) in [4.78, 5) is 21.9. The molecule has 0 unspecified atom stereocenters. The summed E-state index contributed by atoms with van der Waals surface area (Å²) in [6.07, 6.45) is 4.55. The zero-order valence-electron chi connectivity index (χ0n) is 10.2.